The van der Waals surface area contributed by atoms with E-state index in [1.165, 1.54) is 4.90 Å². The van der Waals surface area contributed by atoms with E-state index >= 15 is 0 Å². The van der Waals surface area contributed by atoms with Gasteiger partial charge in [-0.3, -0.25) is 4.79 Å². The molecule has 6 rings (SSSR count). The lowest BCUT2D eigenvalue weighted by molar-refractivity contribution is -0.176. The van der Waals surface area contributed by atoms with E-state index in [0.717, 1.165) is 16.5 Å². The number of aryl methyl sites for hydroxylation is 1. The first-order valence-electron chi connectivity index (χ1n) is 15.9. The summed E-state index contributed by atoms with van der Waals surface area (Å²) in [4.78, 5) is 70.2. The molecule has 1 aromatic carbocycles. The molecule has 1 saturated heterocycles. The summed E-state index contributed by atoms with van der Waals surface area (Å²) in [6, 6.07) is 6.73. The van der Waals surface area contributed by atoms with Gasteiger partial charge in [0.1, 0.15) is 24.1 Å². The SMILES string of the molecule is CCc1c2c(nc3ccc(OC(=O)OC(C)(C)C)cc13)-c1cc3c(c(=O)n1C2)COC(=O)C3(CC)OC(=O)OC1CCN(C(=O)O)CC1. The number of nitrogens with zero attached hydrogens (tertiary/aromatic N) is 3. The first kappa shape index (κ1) is 32.8. The smallest absolute Gasteiger partial charge is 0.465 e. The Kier molecular flexibility index (Phi) is 8.30. The largest absolute Gasteiger partial charge is 0.514 e. The molecule has 14 nitrogen and oxygen atoms in total. The fraction of sp³-hybridized carbons (Fsp3) is 0.471. The maximum Gasteiger partial charge on any atom is 0.514 e. The van der Waals surface area contributed by atoms with Crippen LogP contribution < -0.4 is 10.3 Å². The number of fused-ring (bicyclic) bond motifs is 5. The van der Waals surface area contributed by atoms with E-state index in [2.05, 4.69) is 0 Å². The topological polar surface area (TPSA) is 173 Å². The van der Waals surface area contributed by atoms with Crippen molar-refractivity contribution in [2.45, 2.75) is 90.8 Å². The number of benzene rings is 1. The van der Waals surface area contributed by atoms with Crippen LogP contribution in [0.5, 0.6) is 5.75 Å². The molecule has 0 aliphatic carbocycles. The summed E-state index contributed by atoms with van der Waals surface area (Å²) in [5.74, 6) is -0.535. The van der Waals surface area contributed by atoms with Gasteiger partial charge >= 0.3 is 24.4 Å². The quantitative estimate of drug-likeness (QED) is 0.167. The minimum Gasteiger partial charge on any atom is -0.465 e. The number of carboxylic acid groups (broad SMARTS) is 1. The summed E-state index contributed by atoms with van der Waals surface area (Å²) < 4.78 is 29.0. The van der Waals surface area contributed by atoms with E-state index < -0.39 is 47.2 Å². The Labute approximate surface area is 275 Å². The highest BCUT2D eigenvalue weighted by molar-refractivity contribution is 5.90. The Morgan fingerprint density at radius 3 is 2.44 bits per heavy atom. The van der Waals surface area contributed by atoms with Gasteiger partial charge < -0.3 is 38.3 Å². The van der Waals surface area contributed by atoms with E-state index in [0.29, 0.717) is 23.3 Å². The molecule has 14 heteroatoms. The minimum absolute atomic E-state index is 0.0348. The van der Waals surface area contributed by atoms with E-state index in [4.69, 9.17) is 28.7 Å². The summed E-state index contributed by atoms with van der Waals surface area (Å²) in [6.07, 6.45) is -2.48. The van der Waals surface area contributed by atoms with Crippen LogP contribution in [0.25, 0.3) is 22.3 Å². The van der Waals surface area contributed by atoms with Crippen molar-refractivity contribution in [2.24, 2.45) is 0 Å². The third-order valence-corrected chi connectivity index (χ3v) is 8.92. The number of hydrogen-bond acceptors (Lipinski definition) is 11. The Hall–Kier alpha value is -5.14. The minimum atomic E-state index is -1.94. The molecule has 1 N–H and O–H groups in total. The van der Waals surface area contributed by atoms with Crippen molar-refractivity contribution in [1.29, 1.82) is 0 Å². The van der Waals surface area contributed by atoms with Gasteiger partial charge in [-0.15, -0.1) is 0 Å². The second-order valence-electron chi connectivity index (χ2n) is 13.0. The summed E-state index contributed by atoms with van der Waals surface area (Å²) in [5.41, 5.74) is 0.676. The molecule has 254 valence electrons. The number of pyridine rings is 2. The zero-order chi connectivity index (χ0) is 34.5. The molecule has 1 atom stereocenters. The fourth-order valence-corrected chi connectivity index (χ4v) is 6.60. The molecule has 1 unspecified atom stereocenters. The van der Waals surface area contributed by atoms with Crippen LogP contribution in [-0.2, 0) is 48.9 Å². The number of rotatable bonds is 5. The lowest BCUT2D eigenvalue weighted by Gasteiger charge is -2.36. The van der Waals surface area contributed by atoms with Gasteiger partial charge in [-0.05, 0) is 63.4 Å². The van der Waals surface area contributed by atoms with Crippen molar-refractivity contribution in [3.8, 4) is 17.1 Å². The normalized spacial score (nSPS) is 18.8. The van der Waals surface area contributed by atoms with Crippen LogP contribution in [0.1, 0.15) is 76.1 Å². The number of esters is 1. The van der Waals surface area contributed by atoms with E-state index in [1.54, 1.807) is 56.5 Å². The highest BCUT2D eigenvalue weighted by Crippen LogP contribution is 2.42. The zero-order valence-electron chi connectivity index (χ0n) is 27.4. The number of piperidine rings is 1. The van der Waals surface area contributed by atoms with Gasteiger partial charge in [-0.2, -0.15) is 0 Å². The van der Waals surface area contributed by atoms with Gasteiger partial charge in [0.15, 0.2) is 0 Å². The van der Waals surface area contributed by atoms with Crippen LogP contribution in [0.2, 0.25) is 0 Å². The summed E-state index contributed by atoms with van der Waals surface area (Å²) in [7, 11) is 0. The summed E-state index contributed by atoms with van der Waals surface area (Å²) >= 11 is 0. The number of carbonyl (C=O) groups excluding carboxylic acids is 3. The van der Waals surface area contributed by atoms with Crippen molar-refractivity contribution in [1.82, 2.24) is 14.5 Å². The lowest BCUT2D eigenvalue weighted by atomic mass is 9.85. The molecule has 3 aliphatic rings. The molecule has 1 fully saturated rings. The second kappa shape index (κ2) is 12.1. The average Bonchev–Trinajstić information content (AvgIpc) is 3.39. The molecule has 2 aromatic heterocycles. The number of ether oxygens (including phenoxy) is 5. The molecule has 0 radical (unpaired) electrons. The number of carbonyl (C=O) groups is 4. The molecule has 3 aromatic rings. The van der Waals surface area contributed by atoms with Crippen molar-refractivity contribution < 1.29 is 48.0 Å². The number of amides is 1. The highest BCUT2D eigenvalue weighted by Gasteiger charge is 2.51. The van der Waals surface area contributed by atoms with Gasteiger partial charge in [0, 0.05) is 42.4 Å². The Morgan fingerprint density at radius 1 is 1.06 bits per heavy atom. The second-order valence-corrected chi connectivity index (χ2v) is 13.0. The molecule has 48 heavy (non-hydrogen) atoms. The van der Waals surface area contributed by atoms with Gasteiger partial charge in [0.05, 0.1) is 29.0 Å². The Balaban J connectivity index is 1.35. The molecule has 0 bridgehead atoms. The van der Waals surface area contributed by atoms with Crippen LogP contribution in [0.4, 0.5) is 14.4 Å². The monoisotopic (exact) mass is 663 g/mol. The van der Waals surface area contributed by atoms with Crippen LogP contribution in [0, 0.1) is 0 Å². The van der Waals surface area contributed by atoms with Gasteiger partial charge in [-0.1, -0.05) is 13.8 Å². The van der Waals surface area contributed by atoms with Gasteiger partial charge in [0.25, 0.3) is 5.56 Å². The highest BCUT2D eigenvalue weighted by atomic mass is 16.7. The van der Waals surface area contributed by atoms with Crippen LogP contribution in [0.15, 0.2) is 29.1 Å². The molecule has 5 heterocycles. The predicted octanol–water partition coefficient (Wildman–Crippen LogP) is 5.26. The number of aromatic nitrogens is 2. The predicted molar refractivity (Wildman–Crippen MR) is 169 cm³/mol. The first-order chi connectivity index (χ1) is 22.7. The lowest BCUT2D eigenvalue weighted by Crippen LogP contribution is -2.48. The van der Waals surface area contributed by atoms with E-state index in [1.807, 2.05) is 6.92 Å². The molecule has 0 spiro atoms. The van der Waals surface area contributed by atoms with Crippen molar-refractivity contribution in [3.63, 3.8) is 0 Å². The molecule has 0 saturated carbocycles. The van der Waals surface area contributed by atoms with Crippen molar-refractivity contribution >= 4 is 35.3 Å². The van der Waals surface area contributed by atoms with Crippen LogP contribution >= 0.6 is 0 Å². The van der Waals surface area contributed by atoms with E-state index in [9.17, 15) is 29.1 Å². The molecular formula is C34H37N3O11. The number of hydrogen-bond donors (Lipinski definition) is 1. The van der Waals surface area contributed by atoms with E-state index in [-0.39, 0.29) is 62.4 Å². The van der Waals surface area contributed by atoms with Gasteiger partial charge in [-0.25, -0.2) is 24.2 Å². The molecule has 1 amide bonds. The summed E-state index contributed by atoms with van der Waals surface area (Å²) in [6.45, 7) is 9.16. The molecule has 3 aliphatic heterocycles. The fourth-order valence-electron chi connectivity index (χ4n) is 6.60. The van der Waals surface area contributed by atoms with Crippen molar-refractivity contribution in [2.75, 3.05) is 13.1 Å². The maximum absolute atomic E-state index is 14.0. The van der Waals surface area contributed by atoms with Crippen LogP contribution in [0.3, 0.4) is 0 Å². The Morgan fingerprint density at radius 2 is 1.79 bits per heavy atom. The third-order valence-electron chi connectivity index (χ3n) is 8.92. The van der Waals surface area contributed by atoms with Crippen LogP contribution in [-0.4, -0.2) is 68.7 Å². The average molecular weight is 664 g/mol. The van der Waals surface area contributed by atoms with Gasteiger partial charge in [0.2, 0.25) is 5.60 Å². The standard InChI is InChI=1S/C34H37N3O11/c1-6-20-21-14-19(46-31(42)47-33(3,4)5)8-9-25(21)35-27-22(20)16-37-26(27)15-24-23(28(37)38)17-44-29(39)34(24,7-2)48-32(43)45-18-10-12-36(13-11-18)30(40)41/h8-9,14-15,18H,6-7,10-13,16-17H2,1-5H3,(H,40,41). The summed E-state index contributed by atoms with van der Waals surface area (Å²) in [5, 5.41) is 9.96. The van der Waals surface area contributed by atoms with Crippen molar-refractivity contribution in [3.05, 3.63) is 56.9 Å². The third kappa shape index (κ3) is 5.79. The number of likely N-dealkylation sites (tertiary alicyclic amines) is 1. The maximum atomic E-state index is 14.0. The zero-order valence-corrected chi connectivity index (χ0v) is 27.4. The first-order valence-corrected chi connectivity index (χ1v) is 15.9. The number of cyclic esters (lactones) is 1. The molecular weight excluding hydrogens is 626 g/mol. The Bertz CT molecular complexity index is 1900.